The minimum Gasteiger partial charge on any atom is -0.329 e. The molecule has 1 rings (SSSR count). The van der Waals surface area contributed by atoms with Gasteiger partial charge in [-0.25, -0.2) is 8.42 Å². The van der Waals surface area contributed by atoms with Gasteiger partial charge >= 0.3 is 0 Å². The molecule has 4 nitrogen and oxygen atoms in total. The Hall–Kier alpha value is -0.620. The fourth-order valence-corrected chi connectivity index (χ4v) is 3.21. The maximum atomic E-state index is 12.4. The van der Waals surface area contributed by atoms with Crippen LogP contribution in [0.5, 0.6) is 0 Å². The molecular formula is C15H27ClN2O2S. The van der Waals surface area contributed by atoms with Crippen molar-refractivity contribution in [2.75, 3.05) is 13.6 Å². The van der Waals surface area contributed by atoms with Gasteiger partial charge in [0.15, 0.2) is 0 Å². The first-order chi connectivity index (χ1) is 9.16. The van der Waals surface area contributed by atoms with Gasteiger partial charge in [-0.2, -0.15) is 4.31 Å². The summed E-state index contributed by atoms with van der Waals surface area (Å²) in [5.41, 5.74) is 6.74. The molecule has 21 heavy (non-hydrogen) atoms. The van der Waals surface area contributed by atoms with Crippen LogP contribution in [0, 0.1) is 0 Å². The predicted molar refractivity (Wildman–Crippen MR) is 90.5 cm³/mol. The van der Waals surface area contributed by atoms with Gasteiger partial charge in [0.25, 0.3) is 0 Å². The van der Waals surface area contributed by atoms with Gasteiger partial charge in [0.1, 0.15) is 0 Å². The molecule has 0 bridgehead atoms. The van der Waals surface area contributed by atoms with Crippen molar-refractivity contribution in [3.63, 3.8) is 0 Å². The summed E-state index contributed by atoms with van der Waals surface area (Å²) in [6, 6.07) is 6.95. The van der Waals surface area contributed by atoms with Crippen LogP contribution in [0.1, 0.15) is 39.7 Å². The average Bonchev–Trinajstić information content (AvgIpc) is 2.45. The van der Waals surface area contributed by atoms with E-state index >= 15 is 0 Å². The molecule has 1 unspecified atom stereocenters. The molecule has 2 N–H and O–H groups in total. The fourth-order valence-electron chi connectivity index (χ4n) is 1.83. The topological polar surface area (TPSA) is 63.4 Å². The summed E-state index contributed by atoms with van der Waals surface area (Å²) in [5, 5.41) is 0. The molecular weight excluding hydrogens is 308 g/mol. The van der Waals surface area contributed by atoms with Gasteiger partial charge in [-0.3, -0.25) is 0 Å². The molecule has 0 fully saturated rings. The number of nitrogens with zero attached hydrogens (tertiary/aromatic N) is 1. The normalized spacial score (nSPS) is 13.9. The average molecular weight is 335 g/mol. The number of rotatable bonds is 6. The monoisotopic (exact) mass is 334 g/mol. The number of hydrogen-bond donors (Lipinski definition) is 1. The van der Waals surface area contributed by atoms with E-state index < -0.39 is 10.0 Å². The number of halogens is 1. The molecule has 6 heteroatoms. The summed E-state index contributed by atoms with van der Waals surface area (Å²) in [6.45, 7) is 8.53. The van der Waals surface area contributed by atoms with Gasteiger partial charge < -0.3 is 5.73 Å². The van der Waals surface area contributed by atoms with Gasteiger partial charge in [-0.15, -0.1) is 12.4 Å². The first-order valence-electron chi connectivity index (χ1n) is 6.95. The zero-order valence-electron chi connectivity index (χ0n) is 13.5. The summed E-state index contributed by atoms with van der Waals surface area (Å²) in [6.07, 6.45) is 1.00. The Morgan fingerprint density at radius 3 is 2.10 bits per heavy atom. The summed E-state index contributed by atoms with van der Waals surface area (Å²) >= 11 is 0. The van der Waals surface area contributed by atoms with Crippen LogP contribution in [0.15, 0.2) is 29.2 Å². The van der Waals surface area contributed by atoms with Crippen LogP contribution in [0.25, 0.3) is 0 Å². The highest BCUT2D eigenvalue weighted by Crippen LogP contribution is 2.28. The Morgan fingerprint density at radius 2 is 1.71 bits per heavy atom. The number of likely N-dealkylation sites (N-methyl/N-ethyl adjacent to an activating group) is 1. The fraction of sp³-hybridized carbons (Fsp3) is 0.600. The van der Waals surface area contributed by atoms with Gasteiger partial charge in [0.05, 0.1) is 4.90 Å². The van der Waals surface area contributed by atoms with Crippen molar-refractivity contribution < 1.29 is 8.42 Å². The molecule has 0 radical (unpaired) electrons. The van der Waals surface area contributed by atoms with Crippen LogP contribution in [0.4, 0.5) is 0 Å². The lowest BCUT2D eigenvalue weighted by Gasteiger charge is -2.25. The van der Waals surface area contributed by atoms with E-state index in [1.54, 1.807) is 26.1 Å². The van der Waals surface area contributed by atoms with Crippen molar-refractivity contribution in [1.82, 2.24) is 4.31 Å². The van der Waals surface area contributed by atoms with Crippen molar-refractivity contribution in [1.29, 1.82) is 0 Å². The summed E-state index contributed by atoms with van der Waals surface area (Å²) in [5.74, 6) is 0. The predicted octanol–water partition coefficient (Wildman–Crippen LogP) is 2.76. The summed E-state index contributed by atoms with van der Waals surface area (Å²) < 4.78 is 26.2. The molecule has 0 aliphatic carbocycles. The molecule has 1 aromatic rings. The van der Waals surface area contributed by atoms with Crippen molar-refractivity contribution >= 4 is 22.4 Å². The highest BCUT2D eigenvalue weighted by Gasteiger charge is 2.25. The first-order valence-corrected chi connectivity index (χ1v) is 8.39. The molecule has 0 aliphatic rings. The SMILES string of the molecule is CCC(C)(C)c1ccc(S(=O)(=O)N(C)C(C)CN)cc1.Cl. The van der Waals surface area contributed by atoms with Crippen LogP contribution < -0.4 is 5.73 Å². The number of hydrogen-bond acceptors (Lipinski definition) is 3. The standard InChI is InChI=1S/C15H26N2O2S.ClH/c1-6-15(3,4)13-7-9-14(10-8-13)20(18,19)17(5)12(2)11-16;/h7-10,12H,6,11,16H2,1-5H3;1H. The van der Waals surface area contributed by atoms with E-state index in [-0.39, 0.29) is 23.9 Å². The molecule has 0 saturated heterocycles. The first kappa shape index (κ1) is 20.4. The lowest BCUT2D eigenvalue weighted by Crippen LogP contribution is -2.39. The largest absolute Gasteiger partial charge is 0.329 e. The zero-order chi connectivity index (χ0) is 15.6. The third kappa shape index (κ3) is 4.42. The Balaban J connectivity index is 0.00000400. The highest BCUT2D eigenvalue weighted by atomic mass is 35.5. The van der Waals surface area contributed by atoms with E-state index in [2.05, 4.69) is 20.8 Å². The van der Waals surface area contributed by atoms with Crippen molar-refractivity contribution in [2.45, 2.75) is 50.5 Å². The molecule has 1 aromatic carbocycles. The number of benzene rings is 1. The molecule has 1 atom stereocenters. The molecule has 0 spiro atoms. The quantitative estimate of drug-likeness (QED) is 0.870. The molecule has 0 aliphatic heterocycles. The van der Waals surface area contributed by atoms with E-state index in [4.69, 9.17) is 5.73 Å². The number of sulfonamides is 1. The van der Waals surface area contributed by atoms with Crippen LogP contribution in [-0.2, 0) is 15.4 Å². The van der Waals surface area contributed by atoms with Crippen LogP contribution in [0.2, 0.25) is 0 Å². The van der Waals surface area contributed by atoms with Gasteiger partial charge in [0, 0.05) is 19.6 Å². The molecule has 122 valence electrons. The van der Waals surface area contributed by atoms with Gasteiger partial charge in [0.2, 0.25) is 10.0 Å². The third-order valence-electron chi connectivity index (χ3n) is 4.16. The smallest absolute Gasteiger partial charge is 0.243 e. The van der Waals surface area contributed by atoms with E-state index in [1.165, 1.54) is 4.31 Å². The Kier molecular flexibility index (Phi) is 7.36. The zero-order valence-corrected chi connectivity index (χ0v) is 15.1. The van der Waals surface area contributed by atoms with Crippen molar-refractivity contribution in [3.05, 3.63) is 29.8 Å². The van der Waals surface area contributed by atoms with E-state index in [9.17, 15) is 8.42 Å². The molecule has 0 heterocycles. The van der Waals surface area contributed by atoms with Crippen molar-refractivity contribution in [3.8, 4) is 0 Å². The maximum absolute atomic E-state index is 12.4. The van der Waals surface area contributed by atoms with Gasteiger partial charge in [-0.05, 0) is 36.5 Å². The minimum absolute atomic E-state index is 0. The molecule has 0 saturated carbocycles. The maximum Gasteiger partial charge on any atom is 0.243 e. The Bertz CT molecular complexity index is 541. The number of nitrogens with two attached hydrogens (primary N) is 1. The summed E-state index contributed by atoms with van der Waals surface area (Å²) in [7, 11) is -1.90. The highest BCUT2D eigenvalue weighted by molar-refractivity contribution is 7.89. The Labute approximate surface area is 135 Å². The van der Waals surface area contributed by atoms with Crippen LogP contribution in [0.3, 0.4) is 0 Å². The Morgan fingerprint density at radius 1 is 1.24 bits per heavy atom. The second kappa shape index (κ2) is 7.58. The van der Waals surface area contributed by atoms with Crippen LogP contribution in [-0.4, -0.2) is 32.4 Å². The van der Waals surface area contributed by atoms with Crippen molar-refractivity contribution in [2.24, 2.45) is 5.73 Å². The molecule has 0 aromatic heterocycles. The lowest BCUT2D eigenvalue weighted by molar-refractivity contribution is 0.394. The van der Waals surface area contributed by atoms with Gasteiger partial charge in [-0.1, -0.05) is 32.9 Å². The lowest BCUT2D eigenvalue weighted by atomic mass is 9.82. The van der Waals surface area contributed by atoms with Crippen LogP contribution >= 0.6 is 12.4 Å². The molecule has 0 amide bonds. The third-order valence-corrected chi connectivity index (χ3v) is 6.14. The second-order valence-corrected chi connectivity index (χ2v) is 7.87. The van der Waals surface area contributed by atoms with E-state index in [1.807, 2.05) is 12.1 Å². The van der Waals surface area contributed by atoms with E-state index in [0.717, 1.165) is 12.0 Å². The minimum atomic E-state index is -3.47. The second-order valence-electron chi connectivity index (χ2n) is 5.87. The summed E-state index contributed by atoms with van der Waals surface area (Å²) in [4.78, 5) is 0.316. The van der Waals surface area contributed by atoms with E-state index in [0.29, 0.717) is 11.4 Å².